The van der Waals surface area contributed by atoms with Crippen molar-refractivity contribution in [2.75, 3.05) is 25.1 Å². The van der Waals surface area contributed by atoms with E-state index in [9.17, 15) is 19.2 Å². The predicted octanol–water partition coefficient (Wildman–Crippen LogP) is 2.82. The first-order valence-electron chi connectivity index (χ1n) is 11.2. The normalized spacial score (nSPS) is 12.2. The van der Waals surface area contributed by atoms with E-state index in [1.165, 1.54) is 0 Å². The van der Waals surface area contributed by atoms with Crippen molar-refractivity contribution in [3.8, 4) is 11.5 Å². The second-order valence-corrected chi connectivity index (χ2v) is 7.97. The maximum Gasteiger partial charge on any atom is 0.326 e. The van der Waals surface area contributed by atoms with Gasteiger partial charge < -0.3 is 24.1 Å². The number of carbonyl (C=O) groups is 3. The molecule has 1 aromatic heterocycles. The average molecular weight is 487 g/mol. The highest BCUT2D eigenvalue weighted by molar-refractivity contribution is 6.02. The molecule has 36 heavy (non-hydrogen) atoms. The Morgan fingerprint density at radius 2 is 1.50 bits per heavy atom. The number of para-hydroxylation sites is 2. The number of benzene rings is 3. The minimum Gasteiger partial charge on any atom is -0.486 e. The van der Waals surface area contributed by atoms with Crippen LogP contribution in [-0.4, -0.2) is 42.3 Å². The summed E-state index contributed by atoms with van der Waals surface area (Å²) in [6.45, 7) is -0.0266. The number of imide groups is 1. The molecule has 5 rings (SSSR count). The highest BCUT2D eigenvalue weighted by Crippen LogP contribution is 2.32. The summed E-state index contributed by atoms with van der Waals surface area (Å²) in [4.78, 5) is 49.7. The minimum atomic E-state index is -0.798. The summed E-state index contributed by atoms with van der Waals surface area (Å²) in [5, 5.41) is 5.56. The fraction of sp³-hybridized carbons (Fsp3) is 0.154. The predicted molar refractivity (Wildman–Crippen MR) is 131 cm³/mol. The van der Waals surface area contributed by atoms with E-state index in [1.54, 1.807) is 71.3 Å². The molecule has 0 radical (unpaired) electrons. The molecule has 2 heterocycles. The van der Waals surface area contributed by atoms with E-state index in [0.29, 0.717) is 52.2 Å². The van der Waals surface area contributed by atoms with Crippen LogP contribution in [0.5, 0.6) is 11.5 Å². The molecule has 0 fully saturated rings. The molecule has 4 aromatic rings. The molecule has 0 aliphatic carbocycles. The van der Waals surface area contributed by atoms with E-state index in [4.69, 9.17) is 14.2 Å². The summed E-state index contributed by atoms with van der Waals surface area (Å²) < 4.78 is 17.6. The molecule has 3 amide bonds. The summed E-state index contributed by atoms with van der Waals surface area (Å²) in [6, 6.07) is 18.0. The van der Waals surface area contributed by atoms with Gasteiger partial charge in [-0.05, 0) is 36.4 Å². The first-order valence-corrected chi connectivity index (χ1v) is 11.2. The van der Waals surface area contributed by atoms with Crippen molar-refractivity contribution in [1.82, 2.24) is 9.88 Å². The Hall–Kier alpha value is -4.86. The van der Waals surface area contributed by atoms with Gasteiger partial charge in [0.1, 0.15) is 19.8 Å². The number of anilines is 1. The van der Waals surface area contributed by atoms with Crippen molar-refractivity contribution in [2.45, 2.75) is 6.54 Å². The molecule has 0 atom stereocenters. The number of nitrogens with zero attached hydrogens (tertiary/aromatic N) is 1. The van der Waals surface area contributed by atoms with Gasteiger partial charge in [-0.1, -0.05) is 24.3 Å². The second-order valence-electron chi connectivity index (χ2n) is 7.97. The van der Waals surface area contributed by atoms with Crippen LogP contribution in [0.2, 0.25) is 0 Å². The number of pyridine rings is 1. The first kappa shape index (κ1) is 22.9. The number of hydrogen-bond donors (Lipinski definition) is 2. The smallest absolute Gasteiger partial charge is 0.326 e. The molecular formula is C26H21N3O7. The van der Waals surface area contributed by atoms with Crippen molar-refractivity contribution < 1.29 is 28.6 Å². The van der Waals surface area contributed by atoms with Gasteiger partial charge in [0.25, 0.3) is 5.91 Å². The molecule has 3 aromatic carbocycles. The molecule has 10 heteroatoms. The third-order valence-corrected chi connectivity index (χ3v) is 5.58. The lowest BCUT2D eigenvalue weighted by Gasteiger charge is -2.19. The second kappa shape index (κ2) is 9.79. The Bertz CT molecular complexity index is 1500. The summed E-state index contributed by atoms with van der Waals surface area (Å²) in [5.41, 5.74) is 1.41. The molecule has 1 aliphatic rings. The summed E-state index contributed by atoms with van der Waals surface area (Å²) in [7, 11) is 0. The standard InChI is InChI=1S/C26H21N3O7/c30-23(28-26(33)27-16-9-10-21-22(13-16)35-12-11-34-21)15-36-24(31)14-29-19-7-3-1-5-17(19)25(32)18-6-2-4-8-20(18)29/h1-10,13H,11-12,14-15H2,(H2,27,28,30,33). The van der Waals surface area contributed by atoms with Gasteiger partial charge in [0.2, 0.25) is 0 Å². The van der Waals surface area contributed by atoms with Gasteiger partial charge >= 0.3 is 12.0 Å². The van der Waals surface area contributed by atoms with Gasteiger partial charge in [-0.15, -0.1) is 0 Å². The van der Waals surface area contributed by atoms with Gasteiger partial charge in [-0.25, -0.2) is 4.79 Å². The van der Waals surface area contributed by atoms with E-state index >= 15 is 0 Å². The number of hydrogen-bond acceptors (Lipinski definition) is 7. The van der Waals surface area contributed by atoms with Crippen LogP contribution in [0.1, 0.15) is 0 Å². The summed E-state index contributed by atoms with van der Waals surface area (Å²) in [6.07, 6.45) is 0. The van der Waals surface area contributed by atoms with Crippen LogP contribution in [0.4, 0.5) is 10.5 Å². The Morgan fingerprint density at radius 3 is 2.19 bits per heavy atom. The highest BCUT2D eigenvalue weighted by Gasteiger charge is 2.17. The SMILES string of the molecule is O=C(COC(=O)Cn1c2ccccc2c(=O)c2ccccc21)NC(=O)Nc1ccc2c(c1)OCCO2. The number of esters is 1. The summed E-state index contributed by atoms with van der Waals surface area (Å²) >= 11 is 0. The molecule has 182 valence electrons. The van der Waals surface area contributed by atoms with E-state index in [2.05, 4.69) is 10.6 Å². The number of amides is 3. The van der Waals surface area contributed by atoms with Crippen LogP contribution in [0, 0.1) is 0 Å². The minimum absolute atomic E-state index is 0.130. The van der Waals surface area contributed by atoms with Crippen LogP contribution in [-0.2, 0) is 20.9 Å². The van der Waals surface area contributed by atoms with Crippen LogP contribution in [0.25, 0.3) is 21.8 Å². The Balaban J connectivity index is 1.21. The lowest BCUT2D eigenvalue weighted by molar-refractivity contribution is -0.148. The highest BCUT2D eigenvalue weighted by atomic mass is 16.6. The zero-order valence-electron chi connectivity index (χ0n) is 19.0. The van der Waals surface area contributed by atoms with Crippen LogP contribution < -0.4 is 25.5 Å². The Morgan fingerprint density at radius 1 is 0.861 bits per heavy atom. The van der Waals surface area contributed by atoms with Crippen LogP contribution in [0.15, 0.2) is 71.5 Å². The van der Waals surface area contributed by atoms with Gasteiger partial charge in [-0.2, -0.15) is 0 Å². The third-order valence-electron chi connectivity index (χ3n) is 5.58. The lowest BCUT2D eigenvalue weighted by Crippen LogP contribution is -2.37. The van der Waals surface area contributed by atoms with Gasteiger partial charge in [0.15, 0.2) is 23.5 Å². The van der Waals surface area contributed by atoms with Gasteiger partial charge in [-0.3, -0.25) is 19.7 Å². The van der Waals surface area contributed by atoms with E-state index in [0.717, 1.165) is 0 Å². The zero-order valence-corrected chi connectivity index (χ0v) is 19.0. The quantitative estimate of drug-likeness (QED) is 0.328. The third kappa shape index (κ3) is 4.69. The largest absolute Gasteiger partial charge is 0.486 e. The topological polar surface area (TPSA) is 125 Å². The number of carbonyl (C=O) groups excluding carboxylic acids is 3. The Kier molecular flexibility index (Phi) is 6.23. The molecule has 0 spiro atoms. The monoisotopic (exact) mass is 487 g/mol. The maximum atomic E-state index is 12.8. The lowest BCUT2D eigenvalue weighted by atomic mass is 10.1. The fourth-order valence-electron chi connectivity index (χ4n) is 4.01. The van der Waals surface area contributed by atoms with Crippen molar-refractivity contribution in [3.05, 3.63) is 77.0 Å². The van der Waals surface area contributed by atoms with E-state index < -0.39 is 24.5 Å². The molecule has 0 bridgehead atoms. The number of aromatic nitrogens is 1. The molecule has 1 aliphatic heterocycles. The maximum absolute atomic E-state index is 12.8. The van der Waals surface area contributed by atoms with Crippen molar-refractivity contribution in [1.29, 1.82) is 0 Å². The van der Waals surface area contributed by atoms with Crippen LogP contribution in [0.3, 0.4) is 0 Å². The molecule has 10 nitrogen and oxygen atoms in total. The number of urea groups is 1. The number of ether oxygens (including phenoxy) is 3. The number of fused-ring (bicyclic) bond motifs is 3. The molecule has 2 N–H and O–H groups in total. The molecule has 0 saturated heterocycles. The van der Waals surface area contributed by atoms with Crippen molar-refractivity contribution in [2.24, 2.45) is 0 Å². The number of nitrogens with one attached hydrogen (secondary N) is 2. The van der Waals surface area contributed by atoms with E-state index in [-0.39, 0.29) is 12.0 Å². The molecular weight excluding hydrogens is 466 g/mol. The van der Waals surface area contributed by atoms with Gasteiger partial charge in [0.05, 0.1) is 11.0 Å². The molecule has 0 saturated carbocycles. The van der Waals surface area contributed by atoms with E-state index in [1.807, 2.05) is 0 Å². The average Bonchev–Trinajstić information content (AvgIpc) is 2.90. The van der Waals surface area contributed by atoms with Crippen molar-refractivity contribution in [3.63, 3.8) is 0 Å². The Labute approximate surface area is 204 Å². The summed E-state index contributed by atoms with van der Waals surface area (Å²) in [5.74, 6) is -0.440. The van der Waals surface area contributed by atoms with Crippen LogP contribution >= 0.6 is 0 Å². The zero-order chi connectivity index (χ0) is 25.1. The first-order chi connectivity index (χ1) is 17.5. The van der Waals surface area contributed by atoms with Gasteiger partial charge in [0, 0.05) is 22.5 Å². The van der Waals surface area contributed by atoms with Crippen molar-refractivity contribution >= 4 is 45.4 Å². The fourth-order valence-corrected chi connectivity index (χ4v) is 4.01. The number of rotatable bonds is 5. The molecule has 0 unspecified atom stereocenters.